The molecule has 0 spiro atoms. The maximum absolute atomic E-state index is 12.4. The average Bonchev–Trinajstić information content (AvgIpc) is 2.88. The molecule has 0 saturated carbocycles. The van der Waals surface area contributed by atoms with Crippen molar-refractivity contribution in [3.63, 3.8) is 0 Å². The first-order valence-electron chi connectivity index (χ1n) is 7.78. The second kappa shape index (κ2) is 7.03. The van der Waals surface area contributed by atoms with Gasteiger partial charge in [0.2, 0.25) is 10.0 Å². The lowest BCUT2D eigenvalue weighted by molar-refractivity contribution is 0.512. The van der Waals surface area contributed by atoms with Crippen LogP contribution < -0.4 is 10.5 Å². The smallest absolute Gasteiger partial charge is 0.408 e. The van der Waals surface area contributed by atoms with Crippen LogP contribution in [0.3, 0.4) is 0 Å². The van der Waals surface area contributed by atoms with Gasteiger partial charge in [0.1, 0.15) is 0 Å². The van der Waals surface area contributed by atoms with Crippen molar-refractivity contribution in [1.82, 2.24) is 9.29 Å². The van der Waals surface area contributed by atoms with Crippen LogP contribution in [-0.4, -0.2) is 19.5 Å². The zero-order valence-corrected chi connectivity index (χ0v) is 15.1. The normalized spacial score (nSPS) is 11.9. The highest BCUT2D eigenvalue weighted by Crippen LogP contribution is 2.18. The van der Waals surface area contributed by atoms with Crippen LogP contribution in [0, 0.1) is 0 Å². The van der Waals surface area contributed by atoms with E-state index in [1.165, 1.54) is 16.7 Å². The van der Waals surface area contributed by atoms with Crippen LogP contribution in [0.2, 0.25) is 5.02 Å². The fraction of sp³-hybridized carbons (Fsp3) is 0.235. The summed E-state index contributed by atoms with van der Waals surface area (Å²) in [5, 5.41) is 0.612. The van der Waals surface area contributed by atoms with E-state index < -0.39 is 15.8 Å². The van der Waals surface area contributed by atoms with Crippen LogP contribution in [0.5, 0.6) is 0 Å². The first kappa shape index (κ1) is 17.7. The Morgan fingerprint density at radius 3 is 2.72 bits per heavy atom. The van der Waals surface area contributed by atoms with E-state index in [2.05, 4.69) is 4.72 Å². The van der Waals surface area contributed by atoms with E-state index >= 15 is 0 Å². The summed E-state index contributed by atoms with van der Waals surface area (Å²) in [5.74, 6) is -0.499. The van der Waals surface area contributed by atoms with Gasteiger partial charge in [0.25, 0.3) is 0 Å². The molecule has 0 amide bonds. The molecule has 8 heteroatoms. The van der Waals surface area contributed by atoms with Crippen LogP contribution in [0.1, 0.15) is 12.5 Å². The van der Waals surface area contributed by atoms with Gasteiger partial charge in [-0.2, -0.15) is 0 Å². The highest BCUT2D eigenvalue weighted by Gasteiger charge is 2.17. The molecule has 6 nitrogen and oxygen atoms in total. The largest absolute Gasteiger partial charge is 0.419 e. The van der Waals surface area contributed by atoms with Gasteiger partial charge in [0, 0.05) is 24.2 Å². The van der Waals surface area contributed by atoms with Gasteiger partial charge in [-0.3, -0.25) is 4.57 Å². The van der Waals surface area contributed by atoms with E-state index in [4.69, 9.17) is 16.0 Å². The fourth-order valence-electron chi connectivity index (χ4n) is 2.62. The Morgan fingerprint density at radius 1 is 1.20 bits per heavy atom. The topological polar surface area (TPSA) is 81.3 Å². The highest BCUT2D eigenvalue weighted by molar-refractivity contribution is 7.89. The molecule has 0 unspecified atom stereocenters. The summed E-state index contributed by atoms with van der Waals surface area (Å²) in [4.78, 5) is 11.8. The van der Waals surface area contributed by atoms with Gasteiger partial charge >= 0.3 is 5.76 Å². The van der Waals surface area contributed by atoms with E-state index in [1.807, 2.05) is 19.1 Å². The first-order valence-corrected chi connectivity index (χ1v) is 9.64. The molecule has 132 valence electrons. The van der Waals surface area contributed by atoms with Gasteiger partial charge in [-0.05, 0) is 43.2 Å². The standard InChI is InChI=1S/C17H17ClN2O4S/c1-2-20-15-7-6-14(11-16(15)24-17(20)21)25(22,23)19-9-8-12-4-3-5-13(18)10-12/h3-7,10-11,19H,2,8-9H2,1H3. The number of aryl methyl sites for hydroxylation is 1. The van der Waals surface area contributed by atoms with E-state index in [0.29, 0.717) is 23.5 Å². The molecule has 1 heterocycles. The minimum atomic E-state index is -3.70. The van der Waals surface area contributed by atoms with Gasteiger partial charge in [0.05, 0.1) is 10.4 Å². The van der Waals surface area contributed by atoms with Crippen LogP contribution in [0.25, 0.3) is 11.1 Å². The number of nitrogens with one attached hydrogen (secondary N) is 1. The number of fused-ring (bicyclic) bond motifs is 1. The molecular weight excluding hydrogens is 364 g/mol. The molecule has 0 atom stereocenters. The Kier molecular flexibility index (Phi) is 4.99. The van der Waals surface area contributed by atoms with E-state index in [0.717, 1.165) is 5.56 Å². The third-order valence-electron chi connectivity index (χ3n) is 3.86. The number of benzene rings is 2. The summed E-state index contributed by atoms with van der Waals surface area (Å²) in [6.07, 6.45) is 0.517. The molecule has 0 saturated heterocycles. The second-order valence-corrected chi connectivity index (χ2v) is 7.72. The number of rotatable bonds is 6. The molecule has 3 rings (SSSR count). The zero-order valence-electron chi connectivity index (χ0n) is 13.5. The van der Waals surface area contributed by atoms with Gasteiger partial charge < -0.3 is 4.42 Å². The van der Waals surface area contributed by atoms with Gasteiger partial charge in [-0.15, -0.1) is 0 Å². The molecule has 3 aromatic rings. The lowest BCUT2D eigenvalue weighted by atomic mass is 10.2. The molecule has 25 heavy (non-hydrogen) atoms. The van der Waals surface area contributed by atoms with Crippen LogP contribution in [-0.2, 0) is 23.0 Å². The quantitative estimate of drug-likeness (QED) is 0.713. The lowest BCUT2D eigenvalue weighted by Gasteiger charge is -2.07. The summed E-state index contributed by atoms with van der Waals surface area (Å²) in [6, 6.07) is 11.7. The SMILES string of the molecule is CCn1c(=O)oc2cc(S(=O)(=O)NCCc3cccc(Cl)c3)ccc21. The van der Waals surface area contributed by atoms with Crippen molar-refractivity contribution in [2.24, 2.45) is 0 Å². The molecule has 0 radical (unpaired) electrons. The number of sulfonamides is 1. The van der Waals surface area contributed by atoms with Crippen molar-refractivity contribution in [3.8, 4) is 0 Å². The minimum absolute atomic E-state index is 0.0584. The minimum Gasteiger partial charge on any atom is -0.408 e. The Balaban J connectivity index is 1.77. The molecule has 1 N–H and O–H groups in total. The van der Waals surface area contributed by atoms with E-state index in [9.17, 15) is 13.2 Å². The number of nitrogens with zero attached hydrogens (tertiary/aromatic N) is 1. The van der Waals surface area contributed by atoms with Crippen molar-refractivity contribution < 1.29 is 12.8 Å². The van der Waals surface area contributed by atoms with Gasteiger partial charge in [-0.1, -0.05) is 23.7 Å². The zero-order chi connectivity index (χ0) is 18.0. The lowest BCUT2D eigenvalue weighted by Crippen LogP contribution is -2.26. The summed E-state index contributed by atoms with van der Waals surface area (Å²) in [7, 11) is -3.70. The fourth-order valence-corrected chi connectivity index (χ4v) is 3.88. The Morgan fingerprint density at radius 2 is 2.00 bits per heavy atom. The second-order valence-electron chi connectivity index (χ2n) is 5.52. The van der Waals surface area contributed by atoms with Gasteiger partial charge in [-0.25, -0.2) is 17.9 Å². The summed E-state index contributed by atoms with van der Waals surface area (Å²) >= 11 is 5.92. The summed E-state index contributed by atoms with van der Waals surface area (Å²) in [6.45, 7) is 2.51. The summed E-state index contributed by atoms with van der Waals surface area (Å²) < 4.78 is 34.0. The highest BCUT2D eigenvalue weighted by atomic mass is 35.5. The molecule has 0 aliphatic heterocycles. The van der Waals surface area contributed by atoms with Crippen molar-refractivity contribution >= 4 is 32.7 Å². The maximum atomic E-state index is 12.4. The molecular formula is C17H17ClN2O4S. The van der Waals surface area contributed by atoms with Crippen molar-refractivity contribution in [3.05, 3.63) is 63.6 Å². The number of hydrogen-bond acceptors (Lipinski definition) is 4. The Labute approximate surface area is 150 Å². The third-order valence-corrected chi connectivity index (χ3v) is 5.55. The number of aromatic nitrogens is 1. The van der Waals surface area contributed by atoms with Crippen molar-refractivity contribution in [1.29, 1.82) is 0 Å². The Bertz CT molecular complexity index is 1070. The number of halogens is 1. The predicted molar refractivity (Wildman–Crippen MR) is 96.5 cm³/mol. The van der Waals surface area contributed by atoms with E-state index in [1.54, 1.807) is 18.2 Å². The maximum Gasteiger partial charge on any atom is 0.419 e. The van der Waals surface area contributed by atoms with E-state index in [-0.39, 0.29) is 17.0 Å². The Hall–Kier alpha value is -2.09. The molecule has 0 aliphatic carbocycles. The van der Waals surface area contributed by atoms with Gasteiger partial charge in [0.15, 0.2) is 5.58 Å². The predicted octanol–water partition coefficient (Wildman–Crippen LogP) is 2.79. The molecule has 2 aromatic carbocycles. The summed E-state index contributed by atoms with van der Waals surface area (Å²) in [5.41, 5.74) is 1.77. The third kappa shape index (κ3) is 3.78. The first-order chi connectivity index (χ1) is 11.9. The van der Waals surface area contributed by atoms with Crippen LogP contribution in [0.15, 0.2) is 56.6 Å². The van der Waals surface area contributed by atoms with Crippen molar-refractivity contribution in [2.45, 2.75) is 24.8 Å². The average molecular weight is 381 g/mol. The number of oxazole rings is 1. The van der Waals surface area contributed by atoms with Crippen LogP contribution >= 0.6 is 11.6 Å². The molecule has 0 bridgehead atoms. The van der Waals surface area contributed by atoms with Crippen LogP contribution in [0.4, 0.5) is 0 Å². The number of hydrogen-bond donors (Lipinski definition) is 1. The molecule has 1 aromatic heterocycles. The monoisotopic (exact) mass is 380 g/mol. The molecule has 0 aliphatic rings. The molecule has 0 fully saturated rings. The van der Waals surface area contributed by atoms with Crippen molar-refractivity contribution in [2.75, 3.05) is 6.54 Å².